The van der Waals surface area contributed by atoms with Crippen molar-refractivity contribution in [3.8, 4) is 5.75 Å². The molecule has 0 unspecified atom stereocenters. The third-order valence-corrected chi connectivity index (χ3v) is 6.12. The first-order chi connectivity index (χ1) is 17.6. The van der Waals surface area contributed by atoms with Gasteiger partial charge in [-0.15, -0.1) is 0 Å². The van der Waals surface area contributed by atoms with Crippen LogP contribution in [0.4, 0.5) is 16.2 Å². The van der Waals surface area contributed by atoms with Gasteiger partial charge in [-0.1, -0.05) is 47.5 Å². The molecule has 5 amide bonds. The molecular formula is C28H24ClN3O5. The smallest absolute Gasteiger partial charge is 0.335 e. The Hall–Kier alpha value is -4.43. The molecule has 188 valence electrons. The van der Waals surface area contributed by atoms with Crippen molar-refractivity contribution >= 4 is 52.8 Å². The molecule has 0 atom stereocenters. The summed E-state index contributed by atoms with van der Waals surface area (Å²) < 4.78 is 5.61. The molecule has 1 saturated heterocycles. The van der Waals surface area contributed by atoms with Gasteiger partial charge < -0.3 is 10.1 Å². The lowest BCUT2D eigenvalue weighted by atomic mass is 10.1. The molecule has 37 heavy (non-hydrogen) atoms. The van der Waals surface area contributed by atoms with Crippen LogP contribution in [-0.4, -0.2) is 30.4 Å². The zero-order valence-corrected chi connectivity index (χ0v) is 21.2. The minimum absolute atomic E-state index is 0.233. The number of carbonyl (C=O) groups excluding carboxylic acids is 4. The summed E-state index contributed by atoms with van der Waals surface area (Å²) in [4.78, 5) is 51.2. The SMILES string of the molecule is Cc1ccc(NC(=O)COc2cccc(/C=C3\C(=O)NC(=O)N(c4ccc(C)c(Cl)c4)C3=O)c2)c(C)c1. The van der Waals surface area contributed by atoms with Crippen LogP contribution < -0.4 is 20.3 Å². The van der Waals surface area contributed by atoms with Crippen LogP contribution in [0.25, 0.3) is 6.08 Å². The first-order valence-electron chi connectivity index (χ1n) is 11.4. The van der Waals surface area contributed by atoms with E-state index < -0.39 is 17.8 Å². The number of hydrogen-bond acceptors (Lipinski definition) is 5. The molecule has 0 bridgehead atoms. The first kappa shape index (κ1) is 25.7. The third-order valence-electron chi connectivity index (χ3n) is 5.71. The van der Waals surface area contributed by atoms with E-state index >= 15 is 0 Å². The highest BCUT2D eigenvalue weighted by molar-refractivity contribution is 6.39. The van der Waals surface area contributed by atoms with E-state index in [2.05, 4.69) is 10.6 Å². The second-order valence-electron chi connectivity index (χ2n) is 8.62. The largest absolute Gasteiger partial charge is 0.484 e. The number of nitrogens with zero attached hydrogens (tertiary/aromatic N) is 1. The Kier molecular flexibility index (Phi) is 7.40. The van der Waals surface area contributed by atoms with Gasteiger partial charge in [0.1, 0.15) is 11.3 Å². The Morgan fingerprint density at radius 3 is 2.51 bits per heavy atom. The fourth-order valence-electron chi connectivity index (χ4n) is 3.76. The molecule has 1 aliphatic rings. The summed E-state index contributed by atoms with van der Waals surface area (Å²) in [5.74, 6) is -1.56. The zero-order chi connectivity index (χ0) is 26.7. The Morgan fingerprint density at radius 2 is 1.78 bits per heavy atom. The van der Waals surface area contributed by atoms with Crippen molar-refractivity contribution in [2.24, 2.45) is 0 Å². The number of halogens is 1. The van der Waals surface area contributed by atoms with E-state index in [0.29, 0.717) is 22.0 Å². The Morgan fingerprint density at radius 1 is 1.00 bits per heavy atom. The van der Waals surface area contributed by atoms with Gasteiger partial charge in [-0.3, -0.25) is 19.7 Å². The van der Waals surface area contributed by atoms with Gasteiger partial charge in [0.15, 0.2) is 6.61 Å². The van der Waals surface area contributed by atoms with Gasteiger partial charge in [-0.2, -0.15) is 0 Å². The normalized spacial score (nSPS) is 14.5. The van der Waals surface area contributed by atoms with Crippen LogP contribution in [0.15, 0.2) is 66.2 Å². The maximum absolute atomic E-state index is 13.1. The molecule has 1 heterocycles. The number of amides is 5. The standard InChI is InChI=1S/C28H24ClN3O5/c1-16-7-10-24(18(3)11-16)30-25(33)15-37-21-6-4-5-19(12-21)13-22-26(34)31-28(36)32(27(22)35)20-9-8-17(2)23(29)14-20/h4-14H,15H2,1-3H3,(H,30,33)(H,31,34,36)/b22-13+. The number of hydrogen-bond donors (Lipinski definition) is 2. The average molecular weight is 518 g/mol. The molecule has 0 aromatic heterocycles. The van der Waals surface area contributed by atoms with Crippen molar-refractivity contribution in [2.45, 2.75) is 20.8 Å². The monoisotopic (exact) mass is 517 g/mol. The highest BCUT2D eigenvalue weighted by Gasteiger charge is 2.37. The average Bonchev–Trinajstić information content (AvgIpc) is 2.84. The van der Waals surface area contributed by atoms with Crippen molar-refractivity contribution < 1.29 is 23.9 Å². The quantitative estimate of drug-likeness (QED) is 0.355. The van der Waals surface area contributed by atoms with E-state index in [4.69, 9.17) is 16.3 Å². The lowest BCUT2D eigenvalue weighted by molar-refractivity contribution is -0.122. The first-order valence-corrected chi connectivity index (χ1v) is 11.8. The minimum Gasteiger partial charge on any atom is -0.484 e. The summed E-state index contributed by atoms with van der Waals surface area (Å²) >= 11 is 6.16. The van der Waals surface area contributed by atoms with E-state index in [1.165, 1.54) is 12.1 Å². The molecule has 0 aliphatic carbocycles. The number of anilines is 2. The summed E-state index contributed by atoms with van der Waals surface area (Å²) in [5, 5.41) is 5.37. The number of barbiturate groups is 1. The molecule has 9 heteroatoms. The van der Waals surface area contributed by atoms with Gasteiger partial charge in [0.25, 0.3) is 17.7 Å². The van der Waals surface area contributed by atoms with Gasteiger partial charge in [0.2, 0.25) is 0 Å². The molecule has 0 radical (unpaired) electrons. The van der Waals surface area contributed by atoms with Crippen LogP contribution in [0.5, 0.6) is 5.75 Å². The number of imide groups is 2. The summed E-state index contributed by atoms with van der Waals surface area (Å²) in [6, 6.07) is 16.2. The molecular weight excluding hydrogens is 494 g/mol. The number of urea groups is 1. The number of carbonyl (C=O) groups is 4. The van der Waals surface area contributed by atoms with Gasteiger partial charge >= 0.3 is 6.03 Å². The van der Waals surface area contributed by atoms with Crippen LogP contribution >= 0.6 is 11.6 Å². The molecule has 8 nitrogen and oxygen atoms in total. The third kappa shape index (κ3) is 5.87. The van der Waals surface area contributed by atoms with Crippen molar-refractivity contribution in [2.75, 3.05) is 16.8 Å². The molecule has 3 aromatic carbocycles. The topological polar surface area (TPSA) is 105 Å². The highest BCUT2D eigenvalue weighted by Crippen LogP contribution is 2.27. The van der Waals surface area contributed by atoms with Gasteiger partial charge in [-0.05, 0) is 73.9 Å². The highest BCUT2D eigenvalue weighted by atomic mass is 35.5. The molecule has 0 saturated carbocycles. The molecule has 2 N–H and O–H groups in total. The summed E-state index contributed by atoms with van der Waals surface area (Å²) in [7, 11) is 0. The second kappa shape index (κ2) is 10.7. The lowest BCUT2D eigenvalue weighted by Crippen LogP contribution is -2.54. The van der Waals surface area contributed by atoms with Crippen LogP contribution in [0, 0.1) is 20.8 Å². The molecule has 3 aromatic rings. The Bertz CT molecular complexity index is 1460. The molecule has 4 rings (SSSR count). The molecule has 1 aliphatic heterocycles. The lowest BCUT2D eigenvalue weighted by Gasteiger charge is -2.26. The van der Waals surface area contributed by atoms with Crippen molar-refractivity contribution in [1.29, 1.82) is 0 Å². The number of aryl methyl sites for hydroxylation is 3. The van der Waals surface area contributed by atoms with E-state index in [9.17, 15) is 19.2 Å². The van der Waals surface area contributed by atoms with E-state index in [1.807, 2.05) is 32.0 Å². The minimum atomic E-state index is -0.862. The number of nitrogens with one attached hydrogen (secondary N) is 2. The second-order valence-corrected chi connectivity index (χ2v) is 9.03. The zero-order valence-electron chi connectivity index (χ0n) is 20.4. The fraction of sp³-hybridized carbons (Fsp3) is 0.143. The Balaban J connectivity index is 1.49. The predicted octanol–water partition coefficient (Wildman–Crippen LogP) is 4.95. The molecule has 1 fully saturated rings. The van der Waals surface area contributed by atoms with Crippen LogP contribution in [-0.2, 0) is 14.4 Å². The van der Waals surface area contributed by atoms with E-state index in [1.54, 1.807) is 43.3 Å². The van der Waals surface area contributed by atoms with Crippen molar-refractivity contribution in [1.82, 2.24) is 5.32 Å². The maximum atomic E-state index is 13.1. The van der Waals surface area contributed by atoms with Gasteiger partial charge in [0.05, 0.1) is 5.69 Å². The van der Waals surface area contributed by atoms with Crippen molar-refractivity contribution in [3.63, 3.8) is 0 Å². The van der Waals surface area contributed by atoms with Crippen molar-refractivity contribution in [3.05, 3.63) is 93.5 Å². The fourth-order valence-corrected chi connectivity index (χ4v) is 3.94. The van der Waals surface area contributed by atoms with Crippen LogP contribution in [0.1, 0.15) is 22.3 Å². The summed E-state index contributed by atoms with van der Waals surface area (Å²) in [6.07, 6.45) is 1.36. The van der Waals surface area contributed by atoms with Crippen LogP contribution in [0.3, 0.4) is 0 Å². The van der Waals surface area contributed by atoms with E-state index in [0.717, 1.165) is 21.6 Å². The maximum Gasteiger partial charge on any atom is 0.335 e. The number of ether oxygens (including phenoxy) is 1. The predicted molar refractivity (Wildman–Crippen MR) is 142 cm³/mol. The van der Waals surface area contributed by atoms with Gasteiger partial charge in [0, 0.05) is 10.7 Å². The number of rotatable bonds is 6. The number of benzene rings is 3. The molecule has 0 spiro atoms. The summed E-state index contributed by atoms with van der Waals surface area (Å²) in [6.45, 7) is 5.44. The van der Waals surface area contributed by atoms with Crippen LogP contribution in [0.2, 0.25) is 5.02 Å². The van der Waals surface area contributed by atoms with E-state index in [-0.39, 0.29) is 23.8 Å². The summed E-state index contributed by atoms with van der Waals surface area (Å²) in [5.41, 5.74) is 4.00. The Labute approximate surface area is 218 Å². The van der Waals surface area contributed by atoms with Gasteiger partial charge in [-0.25, -0.2) is 9.69 Å².